The van der Waals surface area contributed by atoms with Gasteiger partial charge in [-0.25, -0.2) is 17.8 Å². The van der Waals surface area contributed by atoms with E-state index in [9.17, 15) is 18.0 Å². The lowest BCUT2D eigenvalue weighted by Gasteiger charge is -2.39. The fourth-order valence-electron chi connectivity index (χ4n) is 8.30. The number of unbranched alkanes of at least 4 members (excludes halogenated alkanes) is 2. The molecule has 0 spiro atoms. The summed E-state index contributed by atoms with van der Waals surface area (Å²) in [5.41, 5.74) is 3.12. The molecule has 61 heavy (non-hydrogen) atoms. The summed E-state index contributed by atoms with van der Waals surface area (Å²) in [5, 5.41) is 10.3. The lowest BCUT2D eigenvalue weighted by Crippen LogP contribution is -2.52. The van der Waals surface area contributed by atoms with Crippen molar-refractivity contribution in [2.45, 2.75) is 89.2 Å². The van der Waals surface area contributed by atoms with Crippen LogP contribution in [0.25, 0.3) is 16.5 Å². The van der Waals surface area contributed by atoms with Crippen LogP contribution >= 0.6 is 11.6 Å². The summed E-state index contributed by atoms with van der Waals surface area (Å²) in [6, 6.07) is 24.7. The maximum atomic E-state index is 15.3. The van der Waals surface area contributed by atoms with Crippen LogP contribution in [0, 0.1) is 6.92 Å². The number of aromatic nitrogens is 2. The van der Waals surface area contributed by atoms with Crippen molar-refractivity contribution in [1.29, 1.82) is 0 Å². The molecule has 3 heterocycles. The van der Waals surface area contributed by atoms with Crippen molar-refractivity contribution in [2.75, 3.05) is 39.8 Å². The van der Waals surface area contributed by atoms with E-state index in [1.165, 1.54) is 34.5 Å². The zero-order valence-electron chi connectivity index (χ0n) is 35.5. The number of hydrogen-bond donors (Lipinski definition) is 2. The van der Waals surface area contributed by atoms with E-state index in [1.54, 1.807) is 30.0 Å². The van der Waals surface area contributed by atoms with Gasteiger partial charge in [-0.15, -0.1) is 0 Å². The van der Waals surface area contributed by atoms with Crippen LogP contribution in [0.4, 0.5) is 0 Å². The number of fused-ring (bicyclic) bond motifs is 2. The second-order valence-corrected chi connectivity index (χ2v) is 18.4. The Morgan fingerprint density at radius 1 is 0.869 bits per heavy atom. The van der Waals surface area contributed by atoms with Gasteiger partial charge in [0.2, 0.25) is 0 Å². The first kappa shape index (κ1) is 44.0. The highest BCUT2D eigenvalue weighted by molar-refractivity contribution is 7.90. The number of nitrogens with zero attached hydrogens (tertiary/aromatic N) is 5. The van der Waals surface area contributed by atoms with E-state index in [4.69, 9.17) is 16.7 Å². The highest BCUT2D eigenvalue weighted by atomic mass is 35.5. The number of hydrogen-bond acceptors (Lipinski definition) is 8. The van der Waals surface area contributed by atoms with Gasteiger partial charge in [0, 0.05) is 43.8 Å². The Kier molecular flexibility index (Phi) is 13.9. The van der Waals surface area contributed by atoms with Crippen LogP contribution < -0.4 is 10.0 Å². The van der Waals surface area contributed by atoms with Crippen molar-refractivity contribution in [3.63, 3.8) is 0 Å². The Bertz CT molecular complexity index is 2510. The van der Waals surface area contributed by atoms with Crippen molar-refractivity contribution in [1.82, 2.24) is 34.5 Å². The number of likely N-dealkylation sites (tertiary alicyclic amines) is 1. The predicted molar refractivity (Wildman–Crippen MR) is 240 cm³/mol. The summed E-state index contributed by atoms with van der Waals surface area (Å²) in [5.74, 6) is -1.55. The Labute approximate surface area is 364 Å². The second kappa shape index (κ2) is 19.3. The molecule has 1 fully saturated rings. The third kappa shape index (κ3) is 9.86. The SMILES string of the molecule is CCCCN(CCCC)C(=O)c1nn(-c2ccc(C(=O)NS(=O)(=O)c3ccc4ccccc4c3)cc2C(=O)N2Cc3ccccc3CC2CNC2CCN(C)CC2)c(C)c1Cl. The number of carbonyl (C=O) groups is 3. The first-order valence-electron chi connectivity index (χ1n) is 21.4. The summed E-state index contributed by atoms with van der Waals surface area (Å²) in [4.78, 5) is 49.2. The molecule has 0 saturated carbocycles. The fraction of sp³-hybridized carbons (Fsp3) is 0.404. The third-order valence-corrected chi connectivity index (χ3v) is 13.8. The minimum Gasteiger partial charge on any atom is -0.337 e. The molecule has 12 nitrogen and oxygen atoms in total. The van der Waals surface area contributed by atoms with E-state index in [2.05, 4.69) is 41.9 Å². The van der Waals surface area contributed by atoms with Gasteiger partial charge in [-0.1, -0.05) is 92.9 Å². The first-order chi connectivity index (χ1) is 29.4. The van der Waals surface area contributed by atoms with Crippen LogP contribution in [0.2, 0.25) is 5.02 Å². The lowest BCUT2D eigenvalue weighted by atomic mass is 9.92. The monoisotopic (exact) mass is 865 g/mol. The van der Waals surface area contributed by atoms with Crippen molar-refractivity contribution in [3.8, 4) is 5.69 Å². The number of amides is 3. The highest BCUT2D eigenvalue weighted by Gasteiger charge is 2.34. The summed E-state index contributed by atoms with van der Waals surface area (Å²) < 4.78 is 31.0. The van der Waals surface area contributed by atoms with Crippen molar-refractivity contribution in [2.24, 2.45) is 0 Å². The minimum absolute atomic E-state index is 0.0348. The van der Waals surface area contributed by atoms with Gasteiger partial charge in [0.15, 0.2) is 5.69 Å². The molecule has 14 heteroatoms. The maximum Gasteiger partial charge on any atom is 0.275 e. The standard InChI is InChI=1S/C47H56ClN7O5S/c1-5-7-23-53(24-8-6-2)47(58)44-43(48)32(3)55(50-44)42-20-18-36(45(56)51-61(59,60)40-19-17-33-13-9-10-15-35(33)28-40)29-41(42)46(57)54-31-37-16-12-11-14-34(37)27-39(54)30-49-38-21-25-52(4)26-22-38/h9-20,28-29,38-39,49H,5-8,21-27,30-31H2,1-4H3,(H,51,56). The molecule has 0 radical (unpaired) electrons. The molecule has 1 atom stereocenters. The van der Waals surface area contributed by atoms with Crippen LogP contribution in [0.5, 0.6) is 0 Å². The molecular weight excluding hydrogens is 810 g/mol. The van der Waals surface area contributed by atoms with Gasteiger partial charge in [0.05, 0.1) is 26.9 Å². The van der Waals surface area contributed by atoms with Crippen LogP contribution in [0.15, 0.2) is 89.8 Å². The molecule has 2 N–H and O–H groups in total. The minimum atomic E-state index is -4.30. The number of piperidine rings is 1. The molecule has 1 unspecified atom stereocenters. The number of sulfonamides is 1. The van der Waals surface area contributed by atoms with Crippen LogP contribution in [0.1, 0.15) is 100 Å². The molecule has 1 saturated heterocycles. The van der Waals surface area contributed by atoms with Crippen molar-refractivity contribution in [3.05, 3.63) is 124 Å². The molecule has 0 aliphatic carbocycles. The highest BCUT2D eigenvalue weighted by Crippen LogP contribution is 2.31. The average Bonchev–Trinajstić information content (AvgIpc) is 3.57. The van der Waals surface area contributed by atoms with Gasteiger partial charge in [0.25, 0.3) is 27.7 Å². The summed E-state index contributed by atoms with van der Waals surface area (Å²) >= 11 is 6.94. The molecule has 322 valence electrons. The van der Waals surface area contributed by atoms with Gasteiger partial charge in [-0.3, -0.25) is 14.4 Å². The molecule has 1 aromatic heterocycles. The second-order valence-electron chi connectivity index (χ2n) is 16.4. The van der Waals surface area contributed by atoms with E-state index >= 15 is 4.79 Å². The molecule has 2 aliphatic rings. The topological polar surface area (TPSA) is 137 Å². The average molecular weight is 867 g/mol. The Morgan fingerprint density at radius 3 is 2.25 bits per heavy atom. The van der Waals surface area contributed by atoms with Gasteiger partial charge in [-0.05, 0) is 111 Å². The summed E-state index contributed by atoms with van der Waals surface area (Å²) in [6.07, 6.45) is 6.13. The fourth-order valence-corrected chi connectivity index (χ4v) is 9.51. The first-order valence-corrected chi connectivity index (χ1v) is 23.3. The van der Waals surface area contributed by atoms with E-state index in [-0.39, 0.29) is 44.6 Å². The maximum absolute atomic E-state index is 15.3. The Hall–Kier alpha value is -5.08. The molecule has 7 rings (SSSR count). The number of nitrogens with one attached hydrogen (secondary N) is 2. The van der Waals surface area contributed by atoms with Gasteiger partial charge >= 0.3 is 0 Å². The molecular formula is C47H56ClN7O5S. The smallest absolute Gasteiger partial charge is 0.275 e. The molecule has 0 bridgehead atoms. The number of benzene rings is 4. The van der Waals surface area contributed by atoms with E-state index < -0.39 is 15.9 Å². The molecule has 5 aromatic rings. The molecule has 2 aliphatic heterocycles. The Morgan fingerprint density at radius 2 is 1.54 bits per heavy atom. The normalized spacial score (nSPS) is 16.1. The van der Waals surface area contributed by atoms with Gasteiger partial charge in [0.1, 0.15) is 0 Å². The number of carbonyl (C=O) groups excluding carboxylic acids is 3. The lowest BCUT2D eigenvalue weighted by molar-refractivity contribution is 0.0631. The van der Waals surface area contributed by atoms with Crippen molar-refractivity contribution < 1.29 is 22.8 Å². The number of halogens is 1. The zero-order valence-corrected chi connectivity index (χ0v) is 37.1. The summed E-state index contributed by atoms with van der Waals surface area (Å²) in [7, 11) is -2.18. The van der Waals surface area contributed by atoms with Crippen molar-refractivity contribution >= 4 is 50.1 Å². The molecule has 4 aromatic carbocycles. The quantitative estimate of drug-likeness (QED) is 0.111. The largest absolute Gasteiger partial charge is 0.337 e. The summed E-state index contributed by atoms with van der Waals surface area (Å²) in [6.45, 7) is 9.90. The van der Waals surface area contributed by atoms with E-state index in [0.29, 0.717) is 55.4 Å². The zero-order chi connectivity index (χ0) is 43.3. The predicted octanol–water partition coefficient (Wildman–Crippen LogP) is 7.40. The van der Waals surface area contributed by atoms with Crippen LogP contribution in [0.3, 0.4) is 0 Å². The third-order valence-electron chi connectivity index (χ3n) is 12.0. The molecule has 3 amide bonds. The number of rotatable bonds is 15. The van der Waals surface area contributed by atoms with Gasteiger partial charge in [-0.2, -0.15) is 5.10 Å². The van der Waals surface area contributed by atoms with Gasteiger partial charge < -0.3 is 20.0 Å². The van der Waals surface area contributed by atoms with Crippen LogP contribution in [-0.2, 0) is 23.0 Å². The van der Waals surface area contributed by atoms with E-state index in [1.807, 2.05) is 41.3 Å². The Balaban J connectivity index is 1.28. The van der Waals surface area contributed by atoms with Crippen LogP contribution in [-0.4, -0.2) is 102 Å². The van der Waals surface area contributed by atoms with E-state index in [0.717, 1.165) is 62.6 Å².